The molecule has 0 bridgehead atoms. The molecule has 0 aromatic heterocycles. The zero-order chi connectivity index (χ0) is 20.7. The first-order chi connectivity index (χ1) is 13.4. The van der Waals surface area contributed by atoms with Crippen molar-refractivity contribution in [3.8, 4) is 23.3 Å². The molecule has 1 aromatic carbocycles. The van der Waals surface area contributed by atoms with Gasteiger partial charge in [-0.2, -0.15) is 14.0 Å². The Hall–Kier alpha value is -2.82. The molecule has 28 heavy (non-hydrogen) atoms. The Morgan fingerprint density at radius 3 is 2.36 bits per heavy atom. The predicted molar refractivity (Wildman–Crippen MR) is 99.3 cm³/mol. The largest absolute Gasteiger partial charge is 0.493 e. The minimum absolute atomic E-state index is 0.00417. The number of halogens is 2. The van der Waals surface area contributed by atoms with E-state index in [0.717, 1.165) is 25.7 Å². The van der Waals surface area contributed by atoms with E-state index in [2.05, 4.69) is 17.0 Å². The number of hydrogen-bond acceptors (Lipinski definition) is 5. The molecule has 2 rings (SSSR count). The molecule has 1 aromatic rings. The van der Waals surface area contributed by atoms with Crippen LogP contribution in [0.2, 0.25) is 0 Å². The maximum absolute atomic E-state index is 12.6. The van der Waals surface area contributed by atoms with Gasteiger partial charge in [0, 0.05) is 6.04 Å². The number of ether oxygens (including phenoxy) is 3. The number of amides is 1. The zero-order valence-electron chi connectivity index (χ0n) is 16.1. The van der Waals surface area contributed by atoms with E-state index >= 15 is 0 Å². The van der Waals surface area contributed by atoms with Gasteiger partial charge in [0.25, 0.3) is 5.91 Å². The predicted octanol–water partition coefficient (Wildman–Crippen LogP) is 3.91. The molecule has 1 amide bonds. The number of methoxy groups -OCH3 is 2. The number of nitrogens with one attached hydrogen (secondary N) is 1. The molecule has 8 heteroatoms. The van der Waals surface area contributed by atoms with E-state index < -0.39 is 12.5 Å². The molecule has 0 spiro atoms. The second-order valence-corrected chi connectivity index (χ2v) is 6.64. The highest BCUT2D eigenvalue weighted by molar-refractivity contribution is 6.02. The monoisotopic (exact) mass is 394 g/mol. The summed E-state index contributed by atoms with van der Waals surface area (Å²) in [6.45, 7) is -0.973. The van der Waals surface area contributed by atoms with Gasteiger partial charge in [-0.25, -0.2) is 0 Å². The highest BCUT2D eigenvalue weighted by atomic mass is 19.3. The lowest BCUT2D eigenvalue weighted by Gasteiger charge is -2.29. The molecular weight excluding hydrogens is 370 g/mol. The summed E-state index contributed by atoms with van der Waals surface area (Å²) in [5.74, 6) is -0.360. The van der Waals surface area contributed by atoms with Crippen molar-refractivity contribution in [3.05, 3.63) is 23.3 Å². The maximum Gasteiger partial charge on any atom is 0.387 e. The van der Waals surface area contributed by atoms with Crippen molar-refractivity contribution >= 4 is 12.0 Å². The van der Waals surface area contributed by atoms with Crippen molar-refractivity contribution in [1.29, 1.82) is 5.26 Å². The minimum Gasteiger partial charge on any atom is -0.493 e. The van der Waals surface area contributed by atoms with E-state index in [0.29, 0.717) is 11.5 Å². The zero-order valence-corrected chi connectivity index (χ0v) is 16.1. The molecule has 1 saturated carbocycles. The van der Waals surface area contributed by atoms with Crippen LogP contribution in [0.25, 0.3) is 6.08 Å². The summed E-state index contributed by atoms with van der Waals surface area (Å²) >= 11 is 0. The number of benzene rings is 1. The summed E-state index contributed by atoms with van der Waals surface area (Å²) in [7, 11) is 2.59. The van der Waals surface area contributed by atoms with Gasteiger partial charge >= 0.3 is 6.61 Å². The molecule has 2 atom stereocenters. The molecule has 0 radical (unpaired) electrons. The van der Waals surface area contributed by atoms with Gasteiger partial charge < -0.3 is 19.5 Å². The van der Waals surface area contributed by atoms with Gasteiger partial charge in [-0.3, -0.25) is 4.79 Å². The molecular formula is C20H24F2N2O4. The number of carbonyl (C=O) groups is 1. The Bertz CT molecular complexity index is 749. The SMILES string of the molecule is COc1cc(/C=C(\C#N)C(=O)N[C@H]2CCCC[C@@H]2C)cc(OC)c1OC(F)F. The summed E-state index contributed by atoms with van der Waals surface area (Å²) in [4.78, 5) is 12.5. The van der Waals surface area contributed by atoms with Gasteiger partial charge in [0.15, 0.2) is 11.5 Å². The normalized spacial score (nSPS) is 19.7. The standard InChI is InChI=1S/C20H24F2N2O4/c1-12-6-4-5-7-15(12)24-19(25)14(11-23)8-13-9-16(26-2)18(28-20(21)22)17(10-13)27-3/h8-10,12,15,20H,4-7H2,1-3H3,(H,24,25)/b14-8+/t12-,15-/m0/s1. The Balaban J connectivity index is 2.30. The Labute approximate surface area is 163 Å². The van der Waals surface area contributed by atoms with Crippen LogP contribution < -0.4 is 19.5 Å². The van der Waals surface area contributed by atoms with E-state index in [1.807, 2.05) is 6.07 Å². The van der Waals surface area contributed by atoms with Crippen LogP contribution in [0.3, 0.4) is 0 Å². The van der Waals surface area contributed by atoms with E-state index in [1.165, 1.54) is 32.4 Å². The number of hydrogen-bond donors (Lipinski definition) is 1. The molecule has 1 fully saturated rings. The molecule has 0 aliphatic heterocycles. The highest BCUT2D eigenvalue weighted by Gasteiger charge is 2.24. The molecule has 0 saturated heterocycles. The van der Waals surface area contributed by atoms with Crippen molar-refractivity contribution in [2.75, 3.05) is 14.2 Å². The van der Waals surface area contributed by atoms with Crippen LogP contribution in [0.4, 0.5) is 8.78 Å². The lowest BCUT2D eigenvalue weighted by molar-refractivity contribution is -0.118. The Kier molecular flexibility index (Phi) is 7.61. The van der Waals surface area contributed by atoms with Gasteiger partial charge in [0.1, 0.15) is 11.6 Å². The van der Waals surface area contributed by atoms with Crippen LogP contribution in [0.15, 0.2) is 17.7 Å². The molecule has 1 aliphatic rings. The molecule has 1 N–H and O–H groups in total. The smallest absolute Gasteiger partial charge is 0.387 e. The third-order valence-electron chi connectivity index (χ3n) is 4.79. The van der Waals surface area contributed by atoms with Crippen molar-refractivity contribution < 1.29 is 27.8 Å². The number of nitrogens with zero attached hydrogens (tertiary/aromatic N) is 1. The number of rotatable bonds is 7. The van der Waals surface area contributed by atoms with Gasteiger partial charge in [-0.05, 0) is 42.5 Å². The number of alkyl halides is 2. The van der Waals surface area contributed by atoms with Crippen LogP contribution in [-0.4, -0.2) is 32.8 Å². The molecule has 0 heterocycles. The van der Waals surface area contributed by atoms with Crippen molar-refractivity contribution in [1.82, 2.24) is 5.32 Å². The summed E-state index contributed by atoms with van der Waals surface area (Å²) in [6, 6.07) is 4.72. The van der Waals surface area contributed by atoms with E-state index in [4.69, 9.17) is 9.47 Å². The number of nitriles is 1. The maximum atomic E-state index is 12.6. The molecule has 152 valence electrons. The fourth-order valence-corrected chi connectivity index (χ4v) is 3.28. The summed E-state index contributed by atoms with van der Waals surface area (Å²) in [6.07, 6.45) is 5.46. The van der Waals surface area contributed by atoms with Gasteiger partial charge in [0.2, 0.25) is 5.75 Å². The van der Waals surface area contributed by atoms with Crippen LogP contribution in [0.5, 0.6) is 17.2 Å². The fourth-order valence-electron chi connectivity index (χ4n) is 3.28. The summed E-state index contributed by atoms with van der Waals surface area (Å²) in [5.41, 5.74) is 0.295. The van der Waals surface area contributed by atoms with Crippen molar-refractivity contribution in [3.63, 3.8) is 0 Å². The van der Waals surface area contributed by atoms with Crippen molar-refractivity contribution in [2.45, 2.75) is 45.3 Å². The van der Waals surface area contributed by atoms with Gasteiger partial charge in [0.05, 0.1) is 14.2 Å². The third kappa shape index (κ3) is 5.35. The first-order valence-corrected chi connectivity index (χ1v) is 9.03. The third-order valence-corrected chi connectivity index (χ3v) is 4.79. The molecule has 1 aliphatic carbocycles. The first kappa shape index (κ1) is 21.5. The highest BCUT2D eigenvalue weighted by Crippen LogP contribution is 2.40. The molecule has 6 nitrogen and oxygen atoms in total. The fraction of sp³-hybridized carbons (Fsp3) is 0.500. The number of carbonyl (C=O) groups excluding carboxylic acids is 1. The van der Waals surface area contributed by atoms with Crippen LogP contribution in [-0.2, 0) is 4.79 Å². The van der Waals surface area contributed by atoms with Crippen LogP contribution in [0, 0.1) is 17.2 Å². The van der Waals surface area contributed by atoms with E-state index in [1.54, 1.807) is 0 Å². The Morgan fingerprint density at radius 1 is 1.25 bits per heavy atom. The lowest BCUT2D eigenvalue weighted by atomic mass is 9.86. The summed E-state index contributed by atoms with van der Waals surface area (Å²) in [5, 5.41) is 12.3. The van der Waals surface area contributed by atoms with Crippen LogP contribution >= 0.6 is 0 Å². The quantitative estimate of drug-likeness (QED) is 0.560. The van der Waals surface area contributed by atoms with Crippen LogP contribution in [0.1, 0.15) is 38.2 Å². The first-order valence-electron chi connectivity index (χ1n) is 9.03. The summed E-state index contributed by atoms with van der Waals surface area (Å²) < 4.78 is 39.9. The minimum atomic E-state index is -3.05. The average molecular weight is 394 g/mol. The van der Waals surface area contributed by atoms with E-state index in [-0.39, 0.29) is 28.9 Å². The van der Waals surface area contributed by atoms with Gasteiger partial charge in [-0.1, -0.05) is 19.8 Å². The van der Waals surface area contributed by atoms with E-state index in [9.17, 15) is 18.8 Å². The lowest BCUT2D eigenvalue weighted by Crippen LogP contribution is -2.41. The molecule has 0 unspecified atom stereocenters. The second kappa shape index (κ2) is 9.93. The average Bonchev–Trinajstić information content (AvgIpc) is 2.67. The van der Waals surface area contributed by atoms with Crippen molar-refractivity contribution in [2.24, 2.45) is 5.92 Å². The topological polar surface area (TPSA) is 80.6 Å². The van der Waals surface area contributed by atoms with Gasteiger partial charge in [-0.15, -0.1) is 0 Å². The Morgan fingerprint density at radius 2 is 1.86 bits per heavy atom. The second-order valence-electron chi connectivity index (χ2n) is 6.64.